The second kappa shape index (κ2) is 5.68. The number of hydrogen-bond acceptors (Lipinski definition) is 2. The second-order valence-corrected chi connectivity index (χ2v) is 5.56. The molecule has 4 nitrogen and oxygen atoms in total. The van der Waals surface area contributed by atoms with Gasteiger partial charge in [-0.05, 0) is 49.6 Å². The van der Waals surface area contributed by atoms with Crippen molar-refractivity contribution in [3.63, 3.8) is 0 Å². The number of likely N-dealkylation sites (tertiary alicyclic amines) is 1. The molecule has 1 amide bonds. The van der Waals surface area contributed by atoms with Crippen LogP contribution in [0, 0.1) is 12.7 Å². The summed E-state index contributed by atoms with van der Waals surface area (Å²) in [5.74, 6) is -0.0271. The number of aromatic amines is 1. The molecule has 1 N–H and O–H groups in total. The van der Waals surface area contributed by atoms with Gasteiger partial charge in [0.2, 0.25) is 0 Å². The molecule has 1 aromatic heterocycles. The number of amides is 1. The molecule has 1 atom stereocenters. The first-order valence-corrected chi connectivity index (χ1v) is 7.20. The number of carbonyl (C=O) groups is 1. The highest BCUT2D eigenvalue weighted by Crippen LogP contribution is 2.26. The number of rotatable bonds is 2. The first-order chi connectivity index (χ1) is 10.1. The topological polar surface area (TPSA) is 49.0 Å². The lowest BCUT2D eigenvalue weighted by atomic mass is 9.94. The third-order valence-corrected chi connectivity index (χ3v) is 4.09. The molecule has 5 heteroatoms. The Kier molecular flexibility index (Phi) is 3.73. The van der Waals surface area contributed by atoms with Crippen LogP contribution in [0.2, 0.25) is 0 Å². The molecule has 0 bridgehead atoms. The number of halogens is 1. The van der Waals surface area contributed by atoms with Crippen LogP contribution in [0.15, 0.2) is 30.5 Å². The van der Waals surface area contributed by atoms with E-state index in [9.17, 15) is 9.18 Å². The summed E-state index contributed by atoms with van der Waals surface area (Å²) in [4.78, 5) is 14.5. The van der Waals surface area contributed by atoms with Crippen LogP contribution in [0.1, 0.15) is 40.4 Å². The molecule has 1 saturated heterocycles. The molecule has 2 aromatic rings. The van der Waals surface area contributed by atoms with Gasteiger partial charge in [0, 0.05) is 36.5 Å². The number of nitrogens with one attached hydrogen (secondary N) is 1. The maximum absolute atomic E-state index is 13.2. The van der Waals surface area contributed by atoms with Gasteiger partial charge in [0.25, 0.3) is 5.91 Å². The van der Waals surface area contributed by atoms with Crippen molar-refractivity contribution in [2.75, 3.05) is 13.1 Å². The Bertz CT molecular complexity index is 639. The van der Waals surface area contributed by atoms with E-state index in [2.05, 4.69) is 10.2 Å². The van der Waals surface area contributed by atoms with E-state index in [1.165, 1.54) is 12.1 Å². The Morgan fingerprint density at radius 2 is 2.29 bits per heavy atom. The monoisotopic (exact) mass is 287 g/mol. The molecule has 2 heterocycles. The summed E-state index contributed by atoms with van der Waals surface area (Å²) in [5.41, 5.74) is 2.34. The second-order valence-electron chi connectivity index (χ2n) is 5.56. The molecular weight excluding hydrogens is 269 g/mol. The zero-order valence-corrected chi connectivity index (χ0v) is 12.0. The molecule has 1 aromatic carbocycles. The molecule has 110 valence electrons. The summed E-state index contributed by atoms with van der Waals surface area (Å²) in [7, 11) is 0. The number of hydrogen-bond donors (Lipinski definition) is 1. The normalized spacial score (nSPS) is 18.8. The molecule has 21 heavy (non-hydrogen) atoms. The Labute approximate surface area is 123 Å². The maximum Gasteiger partial charge on any atom is 0.254 e. The van der Waals surface area contributed by atoms with Crippen LogP contribution in [0.3, 0.4) is 0 Å². The van der Waals surface area contributed by atoms with Gasteiger partial charge in [0.1, 0.15) is 5.82 Å². The fourth-order valence-corrected chi connectivity index (χ4v) is 2.95. The smallest absolute Gasteiger partial charge is 0.254 e. The average Bonchev–Trinajstić information content (AvgIpc) is 3.01. The molecule has 1 aliphatic rings. The highest BCUT2D eigenvalue weighted by atomic mass is 19.1. The molecule has 0 spiro atoms. The van der Waals surface area contributed by atoms with E-state index in [-0.39, 0.29) is 11.7 Å². The van der Waals surface area contributed by atoms with Gasteiger partial charge in [0.15, 0.2) is 0 Å². The van der Waals surface area contributed by atoms with Crippen molar-refractivity contribution in [1.82, 2.24) is 15.1 Å². The summed E-state index contributed by atoms with van der Waals surface area (Å²) >= 11 is 0. The van der Waals surface area contributed by atoms with Gasteiger partial charge in [0.05, 0.1) is 0 Å². The highest BCUT2D eigenvalue weighted by molar-refractivity contribution is 5.95. The van der Waals surface area contributed by atoms with Gasteiger partial charge < -0.3 is 4.90 Å². The van der Waals surface area contributed by atoms with E-state index >= 15 is 0 Å². The maximum atomic E-state index is 13.2. The number of aromatic nitrogens is 2. The third kappa shape index (κ3) is 2.82. The molecule has 0 radical (unpaired) electrons. The van der Waals surface area contributed by atoms with Gasteiger partial charge in [-0.1, -0.05) is 0 Å². The minimum absolute atomic E-state index is 0.0169. The SMILES string of the molecule is Cc1cc(F)ccc1C(=O)N1CCCC(c2ccn[nH]2)C1. The van der Waals surface area contributed by atoms with Gasteiger partial charge in [-0.15, -0.1) is 0 Å². The first-order valence-electron chi connectivity index (χ1n) is 7.20. The van der Waals surface area contributed by atoms with Crippen molar-refractivity contribution >= 4 is 5.91 Å². The lowest BCUT2D eigenvalue weighted by molar-refractivity contribution is 0.0705. The number of aryl methyl sites for hydroxylation is 1. The van der Waals surface area contributed by atoms with Crippen LogP contribution in [0.4, 0.5) is 4.39 Å². The molecule has 3 rings (SSSR count). The average molecular weight is 287 g/mol. The van der Waals surface area contributed by atoms with Crippen LogP contribution in [-0.4, -0.2) is 34.1 Å². The lowest BCUT2D eigenvalue weighted by Crippen LogP contribution is -2.39. The third-order valence-electron chi connectivity index (χ3n) is 4.09. The minimum Gasteiger partial charge on any atom is -0.338 e. The van der Waals surface area contributed by atoms with E-state index in [0.29, 0.717) is 23.6 Å². The van der Waals surface area contributed by atoms with Crippen LogP contribution in [0.25, 0.3) is 0 Å². The number of benzene rings is 1. The van der Waals surface area contributed by atoms with E-state index < -0.39 is 0 Å². The van der Waals surface area contributed by atoms with Crippen LogP contribution < -0.4 is 0 Å². The predicted octanol–water partition coefficient (Wildman–Crippen LogP) is 2.88. The summed E-state index contributed by atoms with van der Waals surface area (Å²) in [6.07, 6.45) is 3.75. The zero-order chi connectivity index (χ0) is 14.8. The largest absolute Gasteiger partial charge is 0.338 e. The fourth-order valence-electron chi connectivity index (χ4n) is 2.95. The van der Waals surface area contributed by atoms with Crippen molar-refractivity contribution in [2.24, 2.45) is 0 Å². The standard InChI is InChI=1S/C16H18FN3O/c1-11-9-13(17)4-5-14(11)16(21)20-8-2-3-12(10-20)15-6-7-18-19-15/h4-7,9,12H,2-3,8,10H2,1H3,(H,18,19). The molecule has 0 aliphatic carbocycles. The molecular formula is C16H18FN3O. The van der Waals surface area contributed by atoms with Gasteiger partial charge in [-0.25, -0.2) is 4.39 Å². The minimum atomic E-state index is -0.307. The van der Waals surface area contributed by atoms with Crippen molar-refractivity contribution < 1.29 is 9.18 Å². The zero-order valence-electron chi connectivity index (χ0n) is 12.0. The summed E-state index contributed by atoms with van der Waals surface area (Å²) < 4.78 is 13.2. The summed E-state index contributed by atoms with van der Waals surface area (Å²) in [6.45, 7) is 3.20. The van der Waals surface area contributed by atoms with Crippen molar-refractivity contribution in [3.05, 3.63) is 53.1 Å². The van der Waals surface area contributed by atoms with Crippen LogP contribution in [-0.2, 0) is 0 Å². The van der Waals surface area contributed by atoms with E-state index in [1.54, 1.807) is 19.2 Å². The number of H-pyrrole nitrogens is 1. The van der Waals surface area contributed by atoms with E-state index in [1.807, 2.05) is 11.0 Å². The molecule has 0 saturated carbocycles. The highest BCUT2D eigenvalue weighted by Gasteiger charge is 2.26. The van der Waals surface area contributed by atoms with Gasteiger partial charge >= 0.3 is 0 Å². The van der Waals surface area contributed by atoms with Crippen molar-refractivity contribution in [2.45, 2.75) is 25.7 Å². The molecule has 1 aliphatic heterocycles. The van der Waals surface area contributed by atoms with Gasteiger partial charge in [-0.3, -0.25) is 9.89 Å². The quantitative estimate of drug-likeness (QED) is 0.923. The lowest BCUT2D eigenvalue weighted by Gasteiger charge is -2.32. The Balaban J connectivity index is 1.78. The molecule has 1 unspecified atom stereocenters. The Hall–Kier alpha value is -2.17. The van der Waals surface area contributed by atoms with Gasteiger partial charge in [-0.2, -0.15) is 5.10 Å². The fraction of sp³-hybridized carbons (Fsp3) is 0.375. The van der Waals surface area contributed by atoms with Crippen LogP contribution >= 0.6 is 0 Å². The van der Waals surface area contributed by atoms with E-state index in [4.69, 9.17) is 0 Å². The summed E-state index contributed by atoms with van der Waals surface area (Å²) in [5, 5.41) is 6.97. The Morgan fingerprint density at radius 3 is 3.00 bits per heavy atom. The van der Waals surface area contributed by atoms with E-state index in [0.717, 1.165) is 25.1 Å². The Morgan fingerprint density at radius 1 is 1.43 bits per heavy atom. The van der Waals surface area contributed by atoms with Crippen LogP contribution in [0.5, 0.6) is 0 Å². The summed E-state index contributed by atoms with van der Waals surface area (Å²) in [6, 6.07) is 6.29. The number of piperidine rings is 1. The van der Waals surface area contributed by atoms with Crippen molar-refractivity contribution in [1.29, 1.82) is 0 Å². The predicted molar refractivity (Wildman–Crippen MR) is 77.6 cm³/mol. The number of nitrogens with zero attached hydrogens (tertiary/aromatic N) is 2. The number of carbonyl (C=O) groups excluding carboxylic acids is 1. The molecule has 1 fully saturated rings. The van der Waals surface area contributed by atoms with Crippen molar-refractivity contribution in [3.8, 4) is 0 Å². The first kappa shape index (κ1) is 13.8.